The Morgan fingerprint density at radius 3 is 2.54 bits per heavy atom. The highest BCUT2D eigenvalue weighted by Crippen LogP contribution is 2.24. The van der Waals surface area contributed by atoms with Gasteiger partial charge in [0.25, 0.3) is 0 Å². The molecule has 1 unspecified atom stereocenters. The third kappa shape index (κ3) is 2.95. The number of hydrogen-bond acceptors (Lipinski definition) is 3. The Hall–Kier alpha value is -0.0900. The SMILES string of the molecule is Cc1nc(N(C)CC(C)Br)sc1C. The minimum atomic E-state index is 0.502. The van der Waals surface area contributed by atoms with E-state index in [1.165, 1.54) is 4.88 Å². The van der Waals surface area contributed by atoms with Crippen LogP contribution in [-0.4, -0.2) is 23.4 Å². The van der Waals surface area contributed by atoms with Crippen molar-refractivity contribution < 1.29 is 0 Å². The number of thiazole rings is 1. The van der Waals surface area contributed by atoms with Gasteiger partial charge in [0.05, 0.1) is 5.69 Å². The van der Waals surface area contributed by atoms with Gasteiger partial charge in [0.15, 0.2) is 5.13 Å². The number of hydrogen-bond donors (Lipinski definition) is 0. The summed E-state index contributed by atoms with van der Waals surface area (Å²) in [7, 11) is 2.08. The molecule has 1 aromatic heterocycles. The van der Waals surface area contributed by atoms with Gasteiger partial charge in [0.1, 0.15) is 0 Å². The number of halogens is 1. The van der Waals surface area contributed by atoms with Gasteiger partial charge in [0.2, 0.25) is 0 Å². The van der Waals surface area contributed by atoms with E-state index in [-0.39, 0.29) is 0 Å². The summed E-state index contributed by atoms with van der Waals surface area (Å²) >= 11 is 5.29. The highest BCUT2D eigenvalue weighted by molar-refractivity contribution is 9.09. The number of alkyl halides is 1. The molecule has 0 N–H and O–H groups in total. The Balaban J connectivity index is 2.71. The molecule has 74 valence electrons. The molecule has 13 heavy (non-hydrogen) atoms. The third-order valence-electron chi connectivity index (χ3n) is 1.87. The monoisotopic (exact) mass is 262 g/mol. The lowest BCUT2D eigenvalue weighted by molar-refractivity contribution is 0.870. The zero-order valence-corrected chi connectivity index (χ0v) is 10.9. The Morgan fingerprint density at radius 2 is 2.15 bits per heavy atom. The zero-order valence-electron chi connectivity index (χ0n) is 8.47. The van der Waals surface area contributed by atoms with Gasteiger partial charge >= 0.3 is 0 Å². The number of rotatable bonds is 3. The molecule has 0 fully saturated rings. The summed E-state index contributed by atoms with van der Waals surface area (Å²) in [5, 5.41) is 1.11. The molecule has 0 aromatic carbocycles. The molecule has 1 aromatic rings. The minimum Gasteiger partial charge on any atom is -0.350 e. The molecule has 1 atom stereocenters. The average Bonchev–Trinajstić information content (AvgIpc) is 2.31. The molecule has 0 radical (unpaired) electrons. The predicted molar refractivity (Wildman–Crippen MR) is 63.2 cm³/mol. The van der Waals surface area contributed by atoms with Crippen molar-refractivity contribution in [1.29, 1.82) is 0 Å². The Kier molecular flexibility index (Phi) is 3.74. The van der Waals surface area contributed by atoms with E-state index in [2.05, 4.69) is 53.6 Å². The number of nitrogens with zero attached hydrogens (tertiary/aromatic N) is 2. The predicted octanol–water partition coefficient (Wildman–Crippen LogP) is 2.98. The van der Waals surface area contributed by atoms with Gasteiger partial charge in [-0.15, -0.1) is 11.3 Å². The van der Waals surface area contributed by atoms with E-state index in [4.69, 9.17) is 0 Å². The van der Waals surface area contributed by atoms with Crippen LogP contribution < -0.4 is 4.90 Å². The quantitative estimate of drug-likeness (QED) is 0.779. The van der Waals surface area contributed by atoms with E-state index >= 15 is 0 Å². The Labute approximate surface area is 92.1 Å². The lowest BCUT2D eigenvalue weighted by Gasteiger charge is -2.16. The van der Waals surface area contributed by atoms with Crippen LogP contribution in [0.4, 0.5) is 5.13 Å². The van der Waals surface area contributed by atoms with E-state index in [9.17, 15) is 0 Å². The van der Waals surface area contributed by atoms with Gasteiger partial charge in [-0.2, -0.15) is 0 Å². The normalized spacial score (nSPS) is 13.0. The molecule has 1 heterocycles. The summed E-state index contributed by atoms with van der Waals surface area (Å²) < 4.78 is 0. The summed E-state index contributed by atoms with van der Waals surface area (Å²) in [6, 6.07) is 0. The molecule has 0 bridgehead atoms. The van der Waals surface area contributed by atoms with Gasteiger partial charge in [-0.05, 0) is 13.8 Å². The standard InChI is InChI=1S/C9H15BrN2S/c1-6(10)5-12(4)9-11-7(2)8(3)13-9/h6H,5H2,1-4H3. The van der Waals surface area contributed by atoms with Gasteiger partial charge in [0, 0.05) is 23.3 Å². The largest absolute Gasteiger partial charge is 0.350 e. The maximum Gasteiger partial charge on any atom is 0.185 e. The molecule has 4 heteroatoms. The van der Waals surface area contributed by atoms with Crippen LogP contribution in [0.1, 0.15) is 17.5 Å². The van der Waals surface area contributed by atoms with Crippen LogP contribution in [0.15, 0.2) is 0 Å². The van der Waals surface area contributed by atoms with Crippen LogP contribution in [0.2, 0.25) is 0 Å². The van der Waals surface area contributed by atoms with Crippen molar-refractivity contribution in [2.24, 2.45) is 0 Å². The second-order valence-electron chi connectivity index (χ2n) is 3.30. The molecular weight excluding hydrogens is 248 g/mol. The highest BCUT2D eigenvalue weighted by atomic mass is 79.9. The number of aromatic nitrogens is 1. The van der Waals surface area contributed by atoms with Gasteiger partial charge in [-0.1, -0.05) is 22.9 Å². The fourth-order valence-electron chi connectivity index (χ4n) is 1.07. The molecule has 0 amide bonds. The topological polar surface area (TPSA) is 16.1 Å². The average molecular weight is 263 g/mol. The van der Waals surface area contributed by atoms with E-state index in [1.807, 2.05) is 0 Å². The smallest absolute Gasteiger partial charge is 0.185 e. The van der Waals surface area contributed by atoms with Crippen molar-refractivity contribution in [2.45, 2.75) is 25.6 Å². The minimum absolute atomic E-state index is 0.502. The summed E-state index contributed by atoms with van der Waals surface area (Å²) in [4.78, 5) is 8.48. The summed E-state index contributed by atoms with van der Waals surface area (Å²) in [5.74, 6) is 0. The molecule has 0 spiro atoms. The fraction of sp³-hybridized carbons (Fsp3) is 0.667. The fourth-order valence-corrected chi connectivity index (χ4v) is 2.39. The van der Waals surface area contributed by atoms with Crippen LogP contribution in [0.5, 0.6) is 0 Å². The highest BCUT2D eigenvalue weighted by Gasteiger charge is 2.09. The Morgan fingerprint density at radius 1 is 1.54 bits per heavy atom. The zero-order chi connectivity index (χ0) is 10.0. The molecule has 0 saturated carbocycles. The van der Waals surface area contributed by atoms with Crippen LogP contribution in [-0.2, 0) is 0 Å². The molecule has 0 aliphatic rings. The molecular formula is C9H15BrN2S. The van der Waals surface area contributed by atoms with E-state index in [0.717, 1.165) is 17.4 Å². The third-order valence-corrected chi connectivity index (χ3v) is 3.35. The lowest BCUT2D eigenvalue weighted by Crippen LogP contribution is -2.23. The maximum absolute atomic E-state index is 4.49. The molecule has 0 saturated heterocycles. The van der Waals surface area contributed by atoms with Crippen LogP contribution in [0.3, 0.4) is 0 Å². The first kappa shape index (κ1) is 11.0. The van der Waals surface area contributed by atoms with Crippen molar-refractivity contribution in [2.75, 3.05) is 18.5 Å². The summed E-state index contributed by atoms with van der Waals surface area (Å²) in [5.41, 5.74) is 1.15. The van der Waals surface area contributed by atoms with E-state index in [1.54, 1.807) is 11.3 Å². The molecule has 2 nitrogen and oxygen atoms in total. The van der Waals surface area contributed by atoms with Crippen molar-refractivity contribution in [3.63, 3.8) is 0 Å². The molecule has 0 aliphatic heterocycles. The Bertz CT molecular complexity index is 264. The summed E-state index contributed by atoms with van der Waals surface area (Å²) in [6.07, 6.45) is 0. The van der Waals surface area contributed by atoms with Crippen LogP contribution in [0, 0.1) is 13.8 Å². The van der Waals surface area contributed by atoms with Gasteiger partial charge in [-0.3, -0.25) is 0 Å². The van der Waals surface area contributed by atoms with E-state index in [0.29, 0.717) is 4.83 Å². The van der Waals surface area contributed by atoms with Gasteiger partial charge < -0.3 is 4.90 Å². The molecule has 1 rings (SSSR count). The second kappa shape index (κ2) is 4.42. The van der Waals surface area contributed by atoms with Crippen LogP contribution in [0.25, 0.3) is 0 Å². The van der Waals surface area contributed by atoms with Crippen molar-refractivity contribution in [3.8, 4) is 0 Å². The maximum atomic E-state index is 4.49. The first-order chi connectivity index (χ1) is 6.00. The lowest BCUT2D eigenvalue weighted by atomic mass is 10.4. The first-order valence-corrected chi connectivity index (χ1v) is 6.03. The first-order valence-electron chi connectivity index (χ1n) is 4.30. The van der Waals surface area contributed by atoms with Gasteiger partial charge in [-0.25, -0.2) is 4.98 Å². The van der Waals surface area contributed by atoms with Crippen molar-refractivity contribution in [3.05, 3.63) is 10.6 Å². The van der Waals surface area contributed by atoms with Crippen molar-refractivity contribution >= 4 is 32.4 Å². The van der Waals surface area contributed by atoms with Crippen LogP contribution >= 0.6 is 27.3 Å². The second-order valence-corrected chi connectivity index (χ2v) is 6.04. The molecule has 0 aliphatic carbocycles. The number of aryl methyl sites for hydroxylation is 2. The van der Waals surface area contributed by atoms with Crippen molar-refractivity contribution in [1.82, 2.24) is 4.98 Å². The van der Waals surface area contributed by atoms with E-state index < -0.39 is 0 Å². The number of anilines is 1. The summed E-state index contributed by atoms with van der Waals surface area (Å²) in [6.45, 7) is 7.30.